The molecule has 0 saturated carbocycles. The zero-order valence-electron chi connectivity index (χ0n) is 13.8. The summed E-state index contributed by atoms with van der Waals surface area (Å²) in [5, 5.41) is 18.5. The lowest BCUT2D eigenvalue weighted by molar-refractivity contribution is 0.0693. The topological polar surface area (TPSA) is 66.8 Å². The minimum Gasteiger partial charge on any atom is -0.507 e. The van der Waals surface area contributed by atoms with Crippen LogP contribution in [0.15, 0.2) is 29.8 Å². The zero-order chi connectivity index (χ0) is 16.7. The van der Waals surface area contributed by atoms with E-state index in [1.165, 1.54) is 17.7 Å². The lowest BCUT2D eigenvalue weighted by Crippen LogP contribution is -2.15. The van der Waals surface area contributed by atoms with E-state index in [-0.39, 0.29) is 17.4 Å². The number of hydrogen-bond donors (Lipinski definition) is 2. The van der Waals surface area contributed by atoms with Gasteiger partial charge < -0.3 is 14.9 Å². The highest BCUT2D eigenvalue weighted by molar-refractivity contribution is 5.90. The van der Waals surface area contributed by atoms with Gasteiger partial charge in [0.1, 0.15) is 17.1 Å². The van der Waals surface area contributed by atoms with Crippen molar-refractivity contribution in [1.29, 1.82) is 0 Å². The van der Waals surface area contributed by atoms with Gasteiger partial charge in [0.25, 0.3) is 0 Å². The highest BCUT2D eigenvalue weighted by Crippen LogP contribution is 2.25. The van der Waals surface area contributed by atoms with Crippen LogP contribution in [0, 0.1) is 5.92 Å². The van der Waals surface area contributed by atoms with Gasteiger partial charge in [-0.3, -0.25) is 0 Å². The Morgan fingerprint density at radius 1 is 1.32 bits per heavy atom. The molecule has 0 aliphatic rings. The highest BCUT2D eigenvalue weighted by atomic mass is 16.5. The number of carboxylic acids is 1. The van der Waals surface area contributed by atoms with Gasteiger partial charge in [-0.1, -0.05) is 18.6 Å². The molecule has 1 aromatic carbocycles. The Bertz CT molecular complexity index is 530. The van der Waals surface area contributed by atoms with Crippen molar-refractivity contribution in [3.05, 3.63) is 35.4 Å². The Kier molecular flexibility index (Phi) is 6.96. The third kappa shape index (κ3) is 6.20. The van der Waals surface area contributed by atoms with E-state index in [0.717, 1.165) is 19.3 Å². The molecule has 1 rings (SSSR count). The van der Waals surface area contributed by atoms with Crippen molar-refractivity contribution >= 4 is 5.97 Å². The molecule has 0 fully saturated rings. The molecular formula is C18H26O4. The van der Waals surface area contributed by atoms with E-state index in [9.17, 15) is 9.90 Å². The molecule has 0 amide bonds. The third-order valence-electron chi connectivity index (χ3n) is 3.48. The summed E-state index contributed by atoms with van der Waals surface area (Å²) in [5.41, 5.74) is 1.22. The van der Waals surface area contributed by atoms with E-state index in [1.807, 2.05) is 6.92 Å². The zero-order valence-corrected chi connectivity index (χ0v) is 13.8. The molecule has 22 heavy (non-hydrogen) atoms. The molecule has 0 bridgehead atoms. The number of phenols is 1. The minimum atomic E-state index is -1.15. The molecule has 4 nitrogen and oxygen atoms in total. The number of aromatic hydroxyl groups is 1. The maximum atomic E-state index is 10.8. The molecule has 0 radical (unpaired) electrons. The lowest BCUT2D eigenvalue weighted by Gasteiger charge is -2.19. The smallest absolute Gasteiger partial charge is 0.339 e. The number of hydrogen-bond acceptors (Lipinski definition) is 3. The first kappa shape index (κ1) is 18.1. The number of ether oxygens (including phenoxy) is 1. The monoisotopic (exact) mass is 306 g/mol. The first-order chi connectivity index (χ1) is 10.3. The van der Waals surface area contributed by atoms with Crippen LogP contribution < -0.4 is 4.74 Å². The number of aromatic carboxylic acids is 1. The second-order valence-electron chi connectivity index (χ2n) is 6.11. The maximum absolute atomic E-state index is 10.8. The van der Waals surface area contributed by atoms with Crippen molar-refractivity contribution in [3.8, 4) is 11.5 Å². The van der Waals surface area contributed by atoms with Crippen molar-refractivity contribution < 1.29 is 19.7 Å². The number of carboxylic acid groups (broad SMARTS) is 1. The van der Waals surface area contributed by atoms with Gasteiger partial charge >= 0.3 is 5.97 Å². The van der Waals surface area contributed by atoms with Crippen LogP contribution in [0.4, 0.5) is 0 Å². The van der Waals surface area contributed by atoms with E-state index in [2.05, 4.69) is 26.8 Å². The van der Waals surface area contributed by atoms with Gasteiger partial charge in [-0.05, 0) is 58.1 Å². The third-order valence-corrected chi connectivity index (χ3v) is 3.48. The molecule has 2 N–H and O–H groups in total. The standard InChI is InChI=1S/C18H26O4/c1-12(2)6-5-7-13(3)10-14(4)22-15-8-9-16(18(20)21)17(19)11-15/h6,8-9,11,13-14,19H,5,7,10H2,1-4H3,(H,20,21). The molecule has 2 atom stereocenters. The summed E-state index contributed by atoms with van der Waals surface area (Å²) in [6, 6.07) is 4.29. The van der Waals surface area contributed by atoms with E-state index < -0.39 is 5.97 Å². The second kappa shape index (κ2) is 8.47. The first-order valence-electron chi connectivity index (χ1n) is 7.66. The van der Waals surface area contributed by atoms with E-state index in [1.54, 1.807) is 6.07 Å². The Labute approximate surface area is 132 Å². The van der Waals surface area contributed by atoms with E-state index in [4.69, 9.17) is 9.84 Å². The number of benzene rings is 1. The Balaban J connectivity index is 2.51. The van der Waals surface area contributed by atoms with Gasteiger partial charge in [-0.25, -0.2) is 4.79 Å². The van der Waals surface area contributed by atoms with Crippen LogP contribution in [0.1, 0.15) is 57.3 Å². The average Bonchev–Trinajstić information content (AvgIpc) is 2.37. The molecule has 2 unspecified atom stereocenters. The van der Waals surface area contributed by atoms with Crippen molar-refractivity contribution in [2.24, 2.45) is 5.92 Å². The van der Waals surface area contributed by atoms with Gasteiger partial charge in [0.05, 0.1) is 6.10 Å². The molecule has 0 saturated heterocycles. The van der Waals surface area contributed by atoms with Crippen LogP contribution in [-0.2, 0) is 0 Å². The summed E-state index contributed by atoms with van der Waals surface area (Å²) in [5.74, 6) is -0.386. The molecule has 0 aliphatic heterocycles. The highest BCUT2D eigenvalue weighted by Gasteiger charge is 2.13. The minimum absolute atomic E-state index is 0.0109. The quantitative estimate of drug-likeness (QED) is 0.687. The van der Waals surface area contributed by atoms with Crippen molar-refractivity contribution in [2.45, 2.75) is 53.1 Å². The summed E-state index contributed by atoms with van der Waals surface area (Å²) < 4.78 is 5.76. The summed E-state index contributed by atoms with van der Waals surface area (Å²) in [7, 11) is 0. The van der Waals surface area contributed by atoms with Gasteiger partial charge in [0.15, 0.2) is 0 Å². The fourth-order valence-electron chi connectivity index (χ4n) is 2.39. The van der Waals surface area contributed by atoms with Gasteiger partial charge in [0, 0.05) is 6.07 Å². The van der Waals surface area contributed by atoms with Gasteiger partial charge in [0.2, 0.25) is 0 Å². The summed E-state index contributed by atoms with van der Waals surface area (Å²) in [4.78, 5) is 10.8. The van der Waals surface area contributed by atoms with Crippen molar-refractivity contribution in [2.75, 3.05) is 0 Å². The van der Waals surface area contributed by atoms with Crippen LogP contribution in [0.25, 0.3) is 0 Å². The van der Waals surface area contributed by atoms with Gasteiger partial charge in [-0.2, -0.15) is 0 Å². The Morgan fingerprint density at radius 2 is 2.00 bits per heavy atom. The first-order valence-corrected chi connectivity index (χ1v) is 7.66. The molecule has 0 aromatic heterocycles. The van der Waals surface area contributed by atoms with Crippen molar-refractivity contribution in [1.82, 2.24) is 0 Å². The predicted octanol–water partition coefficient (Wildman–Crippen LogP) is 4.63. The summed E-state index contributed by atoms with van der Waals surface area (Å²) in [6.45, 7) is 8.39. The van der Waals surface area contributed by atoms with Crippen LogP contribution in [0.5, 0.6) is 11.5 Å². The molecule has 1 aromatic rings. The molecule has 0 aliphatic carbocycles. The molecule has 122 valence electrons. The van der Waals surface area contributed by atoms with Crippen molar-refractivity contribution in [3.63, 3.8) is 0 Å². The van der Waals surface area contributed by atoms with E-state index in [0.29, 0.717) is 11.7 Å². The summed E-state index contributed by atoms with van der Waals surface area (Å²) in [6.07, 6.45) is 5.35. The van der Waals surface area contributed by atoms with E-state index >= 15 is 0 Å². The molecular weight excluding hydrogens is 280 g/mol. The normalized spacial score (nSPS) is 13.3. The lowest BCUT2D eigenvalue weighted by atomic mass is 9.98. The Morgan fingerprint density at radius 3 is 2.55 bits per heavy atom. The van der Waals surface area contributed by atoms with Crippen LogP contribution in [-0.4, -0.2) is 22.3 Å². The number of carbonyl (C=O) groups is 1. The number of allylic oxidation sites excluding steroid dienone is 2. The molecule has 4 heteroatoms. The number of rotatable bonds is 8. The second-order valence-corrected chi connectivity index (χ2v) is 6.11. The summed E-state index contributed by atoms with van der Waals surface area (Å²) >= 11 is 0. The van der Waals surface area contributed by atoms with Gasteiger partial charge in [-0.15, -0.1) is 0 Å². The molecule has 0 spiro atoms. The average molecular weight is 306 g/mol. The van der Waals surface area contributed by atoms with Crippen LogP contribution in [0.3, 0.4) is 0 Å². The fraction of sp³-hybridized carbons (Fsp3) is 0.500. The predicted molar refractivity (Wildman–Crippen MR) is 87.6 cm³/mol. The largest absolute Gasteiger partial charge is 0.507 e. The van der Waals surface area contributed by atoms with Crippen LogP contribution in [0.2, 0.25) is 0 Å². The van der Waals surface area contributed by atoms with Crippen LogP contribution >= 0.6 is 0 Å². The fourth-order valence-corrected chi connectivity index (χ4v) is 2.39. The maximum Gasteiger partial charge on any atom is 0.339 e. The SMILES string of the molecule is CC(C)=CCCC(C)CC(C)Oc1ccc(C(=O)O)c(O)c1. The molecule has 0 heterocycles. The Hall–Kier alpha value is -1.97.